The Hall–Kier alpha value is -1.51. The van der Waals surface area contributed by atoms with Crippen molar-refractivity contribution >= 4 is 15.7 Å². The Morgan fingerprint density at radius 2 is 1.96 bits per heavy atom. The third kappa shape index (κ3) is 4.99. The molecule has 25 heavy (non-hydrogen) atoms. The SMILES string of the molecule is CC(C)CCN(C)C1CCN(S(=O)(=O)c2cccc([N+](=O)[O-])c2)CC1. The molecule has 1 fully saturated rings. The first-order chi connectivity index (χ1) is 11.7. The molecule has 1 aliphatic rings. The van der Waals surface area contributed by atoms with Crippen molar-refractivity contribution < 1.29 is 13.3 Å². The van der Waals surface area contributed by atoms with Gasteiger partial charge in [-0.2, -0.15) is 4.31 Å². The van der Waals surface area contributed by atoms with Crippen LogP contribution in [-0.4, -0.2) is 55.3 Å². The molecule has 1 aliphatic heterocycles. The molecular formula is C17H27N3O4S. The minimum atomic E-state index is -3.68. The van der Waals surface area contributed by atoms with Crippen LogP contribution in [0, 0.1) is 16.0 Å². The van der Waals surface area contributed by atoms with Crippen molar-refractivity contribution in [1.82, 2.24) is 9.21 Å². The summed E-state index contributed by atoms with van der Waals surface area (Å²) < 4.78 is 26.9. The largest absolute Gasteiger partial charge is 0.303 e. The fourth-order valence-corrected chi connectivity index (χ4v) is 4.58. The van der Waals surface area contributed by atoms with Crippen molar-refractivity contribution in [2.75, 3.05) is 26.7 Å². The summed E-state index contributed by atoms with van der Waals surface area (Å²) in [7, 11) is -1.59. The number of sulfonamides is 1. The Balaban J connectivity index is 2.01. The van der Waals surface area contributed by atoms with Gasteiger partial charge in [0, 0.05) is 31.3 Å². The maximum absolute atomic E-state index is 12.7. The van der Waals surface area contributed by atoms with Crippen LogP contribution >= 0.6 is 0 Å². The summed E-state index contributed by atoms with van der Waals surface area (Å²) in [6, 6.07) is 5.65. The van der Waals surface area contributed by atoms with E-state index in [0.717, 1.165) is 31.9 Å². The number of hydrogen-bond acceptors (Lipinski definition) is 5. The van der Waals surface area contributed by atoms with Gasteiger partial charge >= 0.3 is 0 Å². The van der Waals surface area contributed by atoms with E-state index in [1.807, 2.05) is 0 Å². The number of nitro groups is 1. The average molecular weight is 369 g/mol. The van der Waals surface area contributed by atoms with Crippen molar-refractivity contribution in [1.29, 1.82) is 0 Å². The molecule has 0 spiro atoms. The Kier molecular flexibility index (Phi) is 6.53. The Morgan fingerprint density at radius 3 is 2.52 bits per heavy atom. The van der Waals surface area contributed by atoms with Crippen LogP contribution in [-0.2, 0) is 10.0 Å². The molecule has 7 nitrogen and oxygen atoms in total. The zero-order valence-electron chi connectivity index (χ0n) is 15.1. The summed E-state index contributed by atoms with van der Waals surface area (Å²) in [6.07, 6.45) is 2.69. The lowest BCUT2D eigenvalue weighted by atomic mass is 10.0. The second-order valence-corrected chi connectivity index (χ2v) is 8.99. The molecule has 0 saturated carbocycles. The number of non-ortho nitro benzene ring substituents is 1. The highest BCUT2D eigenvalue weighted by molar-refractivity contribution is 7.89. The zero-order chi connectivity index (χ0) is 18.6. The number of rotatable bonds is 7. The quantitative estimate of drug-likeness (QED) is 0.545. The van der Waals surface area contributed by atoms with Crippen LogP contribution in [0.25, 0.3) is 0 Å². The van der Waals surface area contributed by atoms with Crippen molar-refractivity contribution in [3.8, 4) is 0 Å². The molecule has 2 rings (SSSR count). The van der Waals surface area contributed by atoms with Gasteiger partial charge in [0.1, 0.15) is 0 Å². The van der Waals surface area contributed by atoms with Gasteiger partial charge in [-0.1, -0.05) is 19.9 Å². The van der Waals surface area contributed by atoms with Gasteiger partial charge in [0.25, 0.3) is 5.69 Å². The molecule has 1 aromatic carbocycles. The van der Waals surface area contributed by atoms with E-state index >= 15 is 0 Å². The maximum Gasteiger partial charge on any atom is 0.270 e. The molecule has 1 heterocycles. The van der Waals surface area contributed by atoms with Gasteiger partial charge in [0.05, 0.1) is 9.82 Å². The van der Waals surface area contributed by atoms with Crippen LogP contribution in [0.4, 0.5) is 5.69 Å². The van der Waals surface area contributed by atoms with Crippen LogP contribution < -0.4 is 0 Å². The summed E-state index contributed by atoms with van der Waals surface area (Å²) >= 11 is 0. The van der Waals surface area contributed by atoms with Gasteiger partial charge in [-0.25, -0.2) is 8.42 Å². The number of benzene rings is 1. The van der Waals surface area contributed by atoms with E-state index in [9.17, 15) is 18.5 Å². The van der Waals surface area contributed by atoms with Gasteiger partial charge in [0.15, 0.2) is 0 Å². The zero-order valence-corrected chi connectivity index (χ0v) is 15.9. The smallest absolute Gasteiger partial charge is 0.270 e. The lowest BCUT2D eigenvalue weighted by molar-refractivity contribution is -0.385. The molecule has 0 unspecified atom stereocenters. The van der Waals surface area contributed by atoms with E-state index in [2.05, 4.69) is 25.8 Å². The van der Waals surface area contributed by atoms with E-state index in [4.69, 9.17) is 0 Å². The molecule has 0 aromatic heterocycles. The monoisotopic (exact) mass is 369 g/mol. The average Bonchev–Trinajstić information content (AvgIpc) is 2.59. The fourth-order valence-electron chi connectivity index (χ4n) is 3.07. The first-order valence-corrected chi connectivity index (χ1v) is 10.1. The maximum atomic E-state index is 12.7. The van der Waals surface area contributed by atoms with Gasteiger partial charge in [-0.3, -0.25) is 10.1 Å². The molecular weight excluding hydrogens is 342 g/mol. The van der Waals surface area contributed by atoms with Crippen LogP contribution in [0.1, 0.15) is 33.1 Å². The number of nitrogens with zero attached hydrogens (tertiary/aromatic N) is 3. The van der Waals surface area contributed by atoms with Crippen LogP contribution in [0.15, 0.2) is 29.2 Å². The van der Waals surface area contributed by atoms with Crippen LogP contribution in [0.3, 0.4) is 0 Å². The normalized spacial score (nSPS) is 17.3. The number of piperidine rings is 1. The lowest BCUT2D eigenvalue weighted by Gasteiger charge is -2.36. The van der Waals surface area contributed by atoms with Crippen molar-refractivity contribution in [2.24, 2.45) is 5.92 Å². The van der Waals surface area contributed by atoms with E-state index < -0.39 is 14.9 Å². The van der Waals surface area contributed by atoms with Gasteiger partial charge in [-0.05, 0) is 44.8 Å². The minimum absolute atomic E-state index is 0.00619. The molecule has 0 bridgehead atoms. The van der Waals surface area contributed by atoms with Gasteiger partial charge in [0.2, 0.25) is 10.0 Å². The van der Waals surface area contributed by atoms with Crippen molar-refractivity contribution in [3.63, 3.8) is 0 Å². The van der Waals surface area contributed by atoms with E-state index in [1.165, 1.54) is 22.5 Å². The van der Waals surface area contributed by atoms with Crippen molar-refractivity contribution in [3.05, 3.63) is 34.4 Å². The standard InChI is InChI=1S/C17H27N3O4S/c1-14(2)7-10-18(3)15-8-11-19(12-9-15)25(23,24)17-6-4-5-16(13-17)20(21)22/h4-6,13-15H,7-12H2,1-3H3. The highest BCUT2D eigenvalue weighted by Gasteiger charge is 2.31. The van der Waals surface area contributed by atoms with Crippen LogP contribution in [0.5, 0.6) is 0 Å². The highest BCUT2D eigenvalue weighted by Crippen LogP contribution is 2.25. The summed E-state index contributed by atoms with van der Waals surface area (Å²) in [5.41, 5.74) is -0.204. The molecule has 0 radical (unpaired) electrons. The summed E-state index contributed by atoms with van der Waals surface area (Å²) in [5, 5.41) is 10.9. The molecule has 1 aromatic rings. The lowest BCUT2D eigenvalue weighted by Crippen LogP contribution is -2.45. The first kappa shape index (κ1) is 19.8. The molecule has 8 heteroatoms. The molecule has 0 aliphatic carbocycles. The van der Waals surface area contributed by atoms with E-state index in [1.54, 1.807) is 0 Å². The predicted octanol–water partition coefficient (Wildman–Crippen LogP) is 2.73. The van der Waals surface area contributed by atoms with E-state index in [-0.39, 0.29) is 10.6 Å². The summed E-state index contributed by atoms with van der Waals surface area (Å²) in [6.45, 7) is 6.30. The topological polar surface area (TPSA) is 83.8 Å². The van der Waals surface area contributed by atoms with Gasteiger partial charge < -0.3 is 4.90 Å². The number of hydrogen-bond donors (Lipinski definition) is 0. The molecule has 0 N–H and O–H groups in total. The fraction of sp³-hybridized carbons (Fsp3) is 0.647. The molecule has 140 valence electrons. The molecule has 0 amide bonds. The number of nitro benzene ring substituents is 1. The second-order valence-electron chi connectivity index (χ2n) is 7.05. The summed E-state index contributed by atoms with van der Waals surface area (Å²) in [4.78, 5) is 12.6. The Labute approximate surface area is 149 Å². The first-order valence-electron chi connectivity index (χ1n) is 8.66. The predicted molar refractivity (Wildman–Crippen MR) is 97.0 cm³/mol. The molecule has 0 atom stereocenters. The highest BCUT2D eigenvalue weighted by atomic mass is 32.2. The van der Waals surface area contributed by atoms with E-state index in [0.29, 0.717) is 25.0 Å². The summed E-state index contributed by atoms with van der Waals surface area (Å²) in [5.74, 6) is 0.650. The second kappa shape index (κ2) is 8.25. The Bertz CT molecular complexity index is 698. The van der Waals surface area contributed by atoms with Gasteiger partial charge in [-0.15, -0.1) is 0 Å². The van der Waals surface area contributed by atoms with Crippen LogP contribution in [0.2, 0.25) is 0 Å². The third-order valence-electron chi connectivity index (χ3n) is 4.77. The molecule has 1 saturated heterocycles. The minimum Gasteiger partial charge on any atom is -0.303 e. The van der Waals surface area contributed by atoms with Crippen molar-refractivity contribution in [2.45, 2.75) is 44.0 Å². The third-order valence-corrected chi connectivity index (χ3v) is 6.67. The Morgan fingerprint density at radius 1 is 1.32 bits per heavy atom.